The van der Waals surface area contributed by atoms with Crippen molar-refractivity contribution in [1.82, 2.24) is 9.78 Å². The zero-order chi connectivity index (χ0) is 8.65. The van der Waals surface area contributed by atoms with Crippen LogP contribution in [0.25, 0.3) is 0 Å². The van der Waals surface area contributed by atoms with Crippen LogP contribution in [0.2, 0.25) is 0 Å². The summed E-state index contributed by atoms with van der Waals surface area (Å²) in [4.78, 5) is 0.965. The fraction of sp³-hybridized carbons (Fsp3) is 0.571. The molecule has 62 valence electrons. The molecule has 0 N–H and O–H groups in total. The van der Waals surface area contributed by atoms with Gasteiger partial charge in [-0.25, -0.2) is 0 Å². The fourth-order valence-corrected chi connectivity index (χ4v) is 2.00. The Kier molecular flexibility index (Phi) is 2.53. The van der Waals surface area contributed by atoms with E-state index < -0.39 is 0 Å². The smallest absolute Gasteiger partial charge is 0.0911 e. The monoisotopic (exact) mass is 282 g/mol. The van der Waals surface area contributed by atoms with Crippen molar-refractivity contribution >= 4 is 35.2 Å². The Labute approximate surface area is 85.9 Å². The van der Waals surface area contributed by atoms with Gasteiger partial charge in [-0.2, -0.15) is 5.10 Å². The van der Waals surface area contributed by atoms with Gasteiger partial charge in [0.15, 0.2) is 0 Å². The van der Waals surface area contributed by atoms with Gasteiger partial charge in [0.2, 0.25) is 0 Å². The molecule has 1 aromatic rings. The van der Waals surface area contributed by atoms with E-state index in [4.69, 9.17) is 0 Å². The number of nitrogens with zero attached hydrogens (tertiary/aromatic N) is 2. The maximum Gasteiger partial charge on any atom is 0.0911 e. The number of hydrogen-bond acceptors (Lipinski definition) is 2. The Hall–Kier alpha value is 0.290. The van der Waals surface area contributed by atoms with E-state index in [1.807, 2.05) is 13.2 Å². The summed E-state index contributed by atoms with van der Waals surface area (Å²) in [6.07, 6.45) is 1.92. The van der Waals surface area contributed by atoms with Gasteiger partial charge in [0.25, 0.3) is 0 Å². The number of halogens is 1. The third kappa shape index (κ3) is 2.11. The molecular formula is C7H11IN2S. The zero-order valence-electron chi connectivity index (χ0n) is 6.80. The first kappa shape index (κ1) is 9.38. The van der Waals surface area contributed by atoms with Gasteiger partial charge in [0.1, 0.15) is 0 Å². The maximum atomic E-state index is 4.32. The largest absolute Gasteiger partial charge is 0.274 e. The lowest BCUT2D eigenvalue weighted by molar-refractivity contribution is 0.697. The average Bonchev–Trinajstić information content (AvgIpc) is 2.08. The van der Waals surface area contributed by atoms with Crippen molar-refractivity contribution in [2.75, 3.05) is 0 Å². The predicted octanol–water partition coefficient (Wildman–Crippen LogP) is 2.38. The van der Waals surface area contributed by atoms with Gasteiger partial charge < -0.3 is 0 Å². The molecule has 0 saturated carbocycles. The van der Waals surface area contributed by atoms with Crippen molar-refractivity contribution in [2.24, 2.45) is 7.05 Å². The van der Waals surface area contributed by atoms with E-state index in [1.54, 1.807) is 4.68 Å². The molecule has 0 bridgehead atoms. The first-order chi connectivity index (χ1) is 4.91. The van der Waals surface area contributed by atoms with Crippen LogP contribution in [0.1, 0.15) is 19.5 Å². The summed E-state index contributed by atoms with van der Waals surface area (Å²) in [6.45, 7) is 4.24. The van der Waals surface area contributed by atoms with Gasteiger partial charge in [-0.1, -0.05) is 22.6 Å². The second-order valence-electron chi connectivity index (χ2n) is 3.01. The third-order valence-corrected chi connectivity index (χ3v) is 2.21. The summed E-state index contributed by atoms with van der Waals surface area (Å²) in [5.74, 6) is 0. The first-order valence-electron chi connectivity index (χ1n) is 3.33. The molecule has 11 heavy (non-hydrogen) atoms. The van der Waals surface area contributed by atoms with Gasteiger partial charge in [0.05, 0.1) is 9.12 Å². The number of hydrogen-bond donors (Lipinski definition) is 1. The Morgan fingerprint density at radius 3 is 2.36 bits per heavy atom. The van der Waals surface area contributed by atoms with Crippen LogP contribution in [0.3, 0.4) is 0 Å². The second-order valence-corrected chi connectivity index (χ2v) is 6.19. The molecule has 4 heteroatoms. The highest BCUT2D eigenvalue weighted by Gasteiger charge is 2.21. The van der Waals surface area contributed by atoms with Crippen molar-refractivity contribution in [3.8, 4) is 0 Å². The van der Waals surface area contributed by atoms with E-state index in [9.17, 15) is 0 Å². The van der Waals surface area contributed by atoms with E-state index in [1.165, 1.54) is 0 Å². The molecule has 2 nitrogen and oxygen atoms in total. The molecule has 0 unspecified atom stereocenters. The molecule has 0 saturated heterocycles. The first-order valence-corrected chi connectivity index (χ1v) is 4.86. The number of thiol groups is 1. The SMILES string of the molecule is Cn1cc(S)c(C(C)(C)I)n1. The number of aryl methyl sites for hydroxylation is 1. The van der Waals surface area contributed by atoms with Crippen LogP contribution in [0, 0.1) is 0 Å². The topological polar surface area (TPSA) is 17.8 Å². The summed E-state index contributed by atoms with van der Waals surface area (Å²) < 4.78 is 1.86. The lowest BCUT2D eigenvalue weighted by Gasteiger charge is -2.13. The van der Waals surface area contributed by atoms with Gasteiger partial charge in [-0.05, 0) is 13.8 Å². The molecule has 0 spiro atoms. The summed E-state index contributed by atoms with van der Waals surface area (Å²) in [5, 5.41) is 4.31. The van der Waals surface area contributed by atoms with E-state index in [0.29, 0.717) is 0 Å². The Bertz CT molecular complexity index is 262. The predicted molar refractivity (Wildman–Crippen MR) is 57.5 cm³/mol. The van der Waals surface area contributed by atoms with E-state index in [0.717, 1.165) is 10.6 Å². The minimum Gasteiger partial charge on any atom is -0.274 e. The van der Waals surface area contributed by atoms with Crippen LogP contribution in [0.4, 0.5) is 0 Å². The van der Waals surface area contributed by atoms with Crippen LogP contribution in [-0.2, 0) is 10.5 Å². The van der Waals surface area contributed by atoms with Crippen LogP contribution in [-0.4, -0.2) is 9.78 Å². The average molecular weight is 282 g/mol. The molecule has 0 aliphatic carbocycles. The lowest BCUT2D eigenvalue weighted by atomic mass is 10.1. The normalized spacial score (nSPS) is 12.1. The highest BCUT2D eigenvalue weighted by Crippen LogP contribution is 2.32. The molecule has 1 heterocycles. The van der Waals surface area contributed by atoms with E-state index in [2.05, 4.69) is 54.2 Å². The third-order valence-electron chi connectivity index (χ3n) is 1.37. The van der Waals surface area contributed by atoms with Crippen LogP contribution in [0.15, 0.2) is 11.1 Å². The summed E-state index contributed by atoms with van der Waals surface area (Å²) >= 11 is 6.68. The maximum absolute atomic E-state index is 4.32. The van der Waals surface area contributed by atoms with Crippen LogP contribution in [0.5, 0.6) is 0 Å². The Morgan fingerprint density at radius 1 is 1.64 bits per heavy atom. The highest BCUT2D eigenvalue weighted by molar-refractivity contribution is 14.1. The molecule has 0 aromatic carbocycles. The van der Waals surface area contributed by atoms with Gasteiger partial charge in [-0.15, -0.1) is 12.6 Å². The minimum absolute atomic E-state index is 0.0656. The van der Waals surface area contributed by atoms with Crippen molar-refractivity contribution in [2.45, 2.75) is 22.2 Å². The van der Waals surface area contributed by atoms with Crippen LogP contribution >= 0.6 is 35.2 Å². The van der Waals surface area contributed by atoms with Gasteiger partial charge in [-0.3, -0.25) is 4.68 Å². The summed E-state index contributed by atoms with van der Waals surface area (Å²) in [5.41, 5.74) is 1.05. The fourth-order valence-electron chi connectivity index (χ4n) is 0.899. The lowest BCUT2D eigenvalue weighted by Crippen LogP contribution is -2.08. The Morgan fingerprint density at radius 2 is 2.18 bits per heavy atom. The standard InChI is InChI=1S/C7H11IN2S/c1-7(2,8)6-5(11)4-10(3)9-6/h4,11H,1-3H3. The molecule has 1 aromatic heterocycles. The summed E-state index contributed by atoms with van der Waals surface area (Å²) in [6, 6.07) is 0. The summed E-state index contributed by atoms with van der Waals surface area (Å²) in [7, 11) is 1.91. The van der Waals surface area contributed by atoms with Gasteiger partial charge >= 0.3 is 0 Å². The molecular weight excluding hydrogens is 271 g/mol. The van der Waals surface area contributed by atoms with Crippen molar-refractivity contribution < 1.29 is 0 Å². The van der Waals surface area contributed by atoms with Crippen molar-refractivity contribution in [3.05, 3.63) is 11.9 Å². The van der Waals surface area contributed by atoms with Crippen molar-refractivity contribution in [1.29, 1.82) is 0 Å². The minimum atomic E-state index is 0.0656. The van der Waals surface area contributed by atoms with E-state index in [-0.39, 0.29) is 3.42 Å². The second kappa shape index (κ2) is 2.97. The molecule has 0 aliphatic heterocycles. The zero-order valence-corrected chi connectivity index (χ0v) is 9.85. The molecule has 0 atom stereocenters. The van der Waals surface area contributed by atoms with E-state index >= 15 is 0 Å². The molecule has 0 amide bonds. The molecule has 0 aliphatic rings. The van der Waals surface area contributed by atoms with Crippen molar-refractivity contribution in [3.63, 3.8) is 0 Å². The van der Waals surface area contributed by atoms with Crippen LogP contribution < -0.4 is 0 Å². The number of aromatic nitrogens is 2. The number of alkyl halides is 1. The Balaban J connectivity index is 3.13. The highest BCUT2D eigenvalue weighted by atomic mass is 127. The molecule has 1 rings (SSSR count). The molecule has 0 fully saturated rings. The molecule has 0 radical (unpaired) electrons. The number of rotatable bonds is 1. The quantitative estimate of drug-likeness (QED) is 0.475. The van der Waals surface area contributed by atoms with Gasteiger partial charge in [0, 0.05) is 18.1 Å².